The molecule has 1 aromatic heterocycles. The molecule has 0 bridgehead atoms. The van der Waals surface area contributed by atoms with E-state index in [9.17, 15) is 0 Å². The van der Waals surface area contributed by atoms with Crippen LogP contribution in [0.1, 0.15) is 33.5 Å². The summed E-state index contributed by atoms with van der Waals surface area (Å²) >= 11 is 0. The molecule has 1 aliphatic rings. The smallest absolute Gasteiger partial charge is 0.194 e. The third-order valence-corrected chi connectivity index (χ3v) is 5.41. The Labute approximate surface area is 166 Å². The molecular formula is C18H27IN6. The Balaban J connectivity index is 0.00000225. The normalized spacial score (nSPS) is 18.3. The van der Waals surface area contributed by atoms with Crippen LogP contribution in [0, 0.1) is 5.41 Å². The highest BCUT2D eigenvalue weighted by atomic mass is 127. The highest BCUT2D eigenvalue weighted by molar-refractivity contribution is 14.0. The molecule has 1 aromatic carbocycles. The lowest BCUT2D eigenvalue weighted by Crippen LogP contribution is -2.72. The van der Waals surface area contributed by atoms with Crippen molar-refractivity contribution in [3.63, 3.8) is 0 Å². The quantitative estimate of drug-likeness (QED) is 0.440. The predicted octanol–water partition coefficient (Wildman–Crippen LogP) is 3.08. The molecule has 0 saturated carbocycles. The van der Waals surface area contributed by atoms with Crippen LogP contribution in [-0.4, -0.2) is 44.8 Å². The van der Waals surface area contributed by atoms with E-state index < -0.39 is 0 Å². The number of benzene rings is 1. The van der Waals surface area contributed by atoms with Crippen molar-refractivity contribution in [3.8, 4) is 5.69 Å². The molecule has 2 aromatic rings. The molecular weight excluding hydrogens is 427 g/mol. The first-order chi connectivity index (χ1) is 11.4. The number of hydrogen-bond donors (Lipinski definition) is 1. The van der Waals surface area contributed by atoms with Gasteiger partial charge in [0.2, 0.25) is 0 Å². The van der Waals surface area contributed by atoms with Crippen molar-refractivity contribution in [3.05, 3.63) is 42.5 Å². The second-order valence-corrected chi connectivity index (χ2v) is 7.38. The van der Waals surface area contributed by atoms with Crippen LogP contribution in [0.25, 0.3) is 5.69 Å². The molecule has 3 rings (SSSR count). The second-order valence-electron chi connectivity index (χ2n) is 7.38. The van der Waals surface area contributed by atoms with Gasteiger partial charge in [0.25, 0.3) is 0 Å². The zero-order valence-corrected chi connectivity index (χ0v) is 17.9. The SMILES string of the molecule is CN=C(NCc1nncn1-c1ccccc1)N1CC(C)(C)C1(C)C.I. The van der Waals surface area contributed by atoms with Crippen LogP contribution in [0.5, 0.6) is 0 Å². The number of nitrogens with one attached hydrogen (secondary N) is 1. The Morgan fingerprint density at radius 2 is 1.88 bits per heavy atom. The minimum absolute atomic E-state index is 0. The van der Waals surface area contributed by atoms with Crippen molar-refractivity contribution in [1.82, 2.24) is 25.0 Å². The lowest BCUT2D eigenvalue weighted by molar-refractivity contribution is -0.0668. The van der Waals surface area contributed by atoms with Crippen molar-refractivity contribution < 1.29 is 0 Å². The number of guanidine groups is 1. The molecule has 7 heteroatoms. The molecule has 25 heavy (non-hydrogen) atoms. The van der Waals surface area contributed by atoms with Gasteiger partial charge >= 0.3 is 0 Å². The fraction of sp³-hybridized carbons (Fsp3) is 0.500. The summed E-state index contributed by atoms with van der Waals surface area (Å²) < 4.78 is 1.99. The number of para-hydroxylation sites is 1. The van der Waals surface area contributed by atoms with E-state index in [2.05, 4.69) is 53.1 Å². The van der Waals surface area contributed by atoms with Crippen LogP contribution in [0.15, 0.2) is 41.7 Å². The summed E-state index contributed by atoms with van der Waals surface area (Å²) in [7, 11) is 1.83. The Hall–Kier alpha value is -1.64. The average Bonchev–Trinajstić information content (AvgIpc) is 3.03. The first-order valence-electron chi connectivity index (χ1n) is 8.29. The Morgan fingerprint density at radius 1 is 1.20 bits per heavy atom. The van der Waals surface area contributed by atoms with E-state index in [1.807, 2.05) is 41.9 Å². The number of halogens is 1. The van der Waals surface area contributed by atoms with Crippen LogP contribution >= 0.6 is 24.0 Å². The second kappa shape index (κ2) is 7.31. The number of likely N-dealkylation sites (tertiary alicyclic amines) is 1. The van der Waals surface area contributed by atoms with E-state index in [1.54, 1.807) is 6.33 Å². The van der Waals surface area contributed by atoms with Gasteiger partial charge in [-0.05, 0) is 26.0 Å². The van der Waals surface area contributed by atoms with Crippen LogP contribution in [0.4, 0.5) is 0 Å². The number of aliphatic imine (C=N–C) groups is 1. The highest BCUT2D eigenvalue weighted by Crippen LogP contribution is 2.46. The van der Waals surface area contributed by atoms with Crippen LogP contribution < -0.4 is 5.32 Å². The molecule has 0 unspecified atom stereocenters. The van der Waals surface area contributed by atoms with E-state index in [0.29, 0.717) is 6.54 Å². The zero-order valence-electron chi connectivity index (χ0n) is 15.5. The van der Waals surface area contributed by atoms with Gasteiger partial charge in [-0.3, -0.25) is 9.56 Å². The van der Waals surface area contributed by atoms with Gasteiger partial charge < -0.3 is 10.2 Å². The summed E-state index contributed by atoms with van der Waals surface area (Å²) in [6, 6.07) is 10.1. The highest BCUT2D eigenvalue weighted by Gasteiger charge is 2.53. The van der Waals surface area contributed by atoms with E-state index in [0.717, 1.165) is 24.0 Å². The number of nitrogens with zero attached hydrogens (tertiary/aromatic N) is 5. The molecule has 0 radical (unpaired) electrons. The van der Waals surface area contributed by atoms with Crippen LogP contribution in [-0.2, 0) is 6.54 Å². The Morgan fingerprint density at radius 3 is 2.44 bits per heavy atom. The van der Waals surface area contributed by atoms with Gasteiger partial charge in [-0.2, -0.15) is 0 Å². The number of rotatable bonds is 3. The van der Waals surface area contributed by atoms with Gasteiger partial charge in [0.05, 0.1) is 6.54 Å². The van der Waals surface area contributed by atoms with Gasteiger partial charge in [0.1, 0.15) is 6.33 Å². The fourth-order valence-corrected chi connectivity index (χ4v) is 3.04. The summed E-state index contributed by atoms with van der Waals surface area (Å²) in [6.45, 7) is 10.7. The Kier molecular flexibility index (Phi) is 5.75. The molecule has 0 amide bonds. The monoisotopic (exact) mass is 454 g/mol. The zero-order chi connectivity index (χ0) is 17.4. The first-order valence-corrected chi connectivity index (χ1v) is 8.29. The fourth-order valence-electron chi connectivity index (χ4n) is 3.04. The summed E-state index contributed by atoms with van der Waals surface area (Å²) in [5.74, 6) is 1.77. The van der Waals surface area contributed by atoms with Crippen molar-refractivity contribution >= 4 is 29.9 Å². The standard InChI is InChI=1S/C18H26N6.HI/c1-17(2)12-24(18(17,3)4)16(19-5)20-11-15-22-21-13-23(15)14-9-7-6-8-10-14;/h6-10,13H,11-12H2,1-5H3,(H,19,20);1H. The molecule has 6 nitrogen and oxygen atoms in total. The summed E-state index contributed by atoms with van der Waals surface area (Å²) in [5.41, 5.74) is 1.40. The Bertz CT molecular complexity index is 735. The molecule has 136 valence electrons. The first kappa shape index (κ1) is 19.7. The lowest BCUT2D eigenvalue weighted by Gasteiger charge is -2.62. The average molecular weight is 454 g/mol. The van der Waals surface area contributed by atoms with E-state index in [-0.39, 0.29) is 34.9 Å². The number of hydrogen-bond acceptors (Lipinski definition) is 3. The van der Waals surface area contributed by atoms with Crippen LogP contribution in [0.2, 0.25) is 0 Å². The van der Waals surface area contributed by atoms with Gasteiger partial charge in [-0.1, -0.05) is 32.0 Å². The van der Waals surface area contributed by atoms with Gasteiger partial charge in [0.15, 0.2) is 11.8 Å². The molecule has 0 atom stereocenters. The molecule has 1 saturated heterocycles. The van der Waals surface area contributed by atoms with Crippen molar-refractivity contribution in [1.29, 1.82) is 0 Å². The summed E-state index contributed by atoms with van der Waals surface area (Å²) in [6.07, 6.45) is 1.74. The summed E-state index contributed by atoms with van der Waals surface area (Å²) in [4.78, 5) is 6.76. The minimum atomic E-state index is 0. The van der Waals surface area contributed by atoms with Crippen LogP contribution in [0.3, 0.4) is 0 Å². The molecule has 2 heterocycles. The van der Waals surface area contributed by atoms with Gasteiger partial charge in [0, 0.05) is 30.2 Å². The maximum Gasteiger partial charge on any atom is 0.194 e. The molecule has 0 aliphatic carbocycles. The molecule has 1 fully saturated rings. The van der Waals surface area contributed by atoms with Gasteiger partial charge in [-0.25, -0.2) is 0 Å². The molecule has 1 aliphatic heterocycles. The third kappa shape index (κ3) is 3.51. The van der Waals surface area contributed by atoms with Gasteiger partial charge in [-0.15, -0.1) is 34.2 Å². The van der Waals surface area contributed by atoms with Crippen molar-refractivity contribution in [2.24, 2.45) is 10.4 Å². The minimum Gasteiger partial charge on any atom is -0.349 e. The maximum atomic E-state index is 4.45. The predicted molar refractivity (Wildman–Crippen MR) is 112 cm³/mol. The third-order valence-electron chi connectivity index (χ3n) is 5.41. The number of aromatic nitrogens is 3. The molecule has 0 spiro atoms. The van der Waals surface area contributed by atoms with E-state index >= 15 is 0 Å². The van der Waals surface area contributed by atoms with Crippen molar-refractivity contribution in [2.75, 3.05) is 13.6 Å². The summed E-state index contributed by atoms with van der Waals surface area (Å²) in [5, 5.41) is 11.7. The van der Waals surface area contributed by atoms with E-state index in [1.165, 1.54) is 0 Å². The van der Waals surface area contributed by atoms with E-state index in [4.69, 9.17) is 0 Å². The largest absolute Gasteiger partial charge is 0.349 e. The van der Waals surface area contributed by atoms with Crippen molar-refractivity contribution in [2.45, 2.75) is 39.8 Å². The maximum absolute atomic E-state index is 4.45. The topological polar surface area (TPSA) is 58.3 Å². The molecule has 1 N–H and O–H groups in total. The lowest BCUT2D eigenvalue weighted by atomic mass is 9.65.